The molecule has 1 heterocycles. The van der Waals surface area contributed by atoms with Crippen LogP contribution in [0.2, 0.25) is 0 Å². The Morgan fingerprint density at radius 3 is 2.81 bits per heavy atom. The summed E-state index contributed by atoms with van der Waals surface area (Å²) in [5, 5.41) is 0. The van der Waals surface area contributed by atoms with E-state index >= 15 is 0 Å². The lowest BCUT2D eigenvalue weighted by Crippen LogP contribution is -2.15. The summed E-state index contributed by atoms with van der Waals surface area (Å²) >= 11 is 2.56. The molecule has 5 nitrogen and oxygen atoms in total. The number of nitrogens with two attached hydrogens (primary N) is 1. The minimum Gasteiger partial charge on any atom is -0.611 e. The summed E-state index contributed by atoms with van der Waals surface area (Å²) in [6.07, 6.45) is 0.920. The highest BCUT2D eigenvalue weighted by molar-refractivity contribution is 9.10. The van der Waals surface area contributed by atoms with Gasteiger partial charge in [-0.1, -0.05) is 19.1 Å². The van der Waals surface area contributed by atoms with Crippen LogP contribution in [-0.4, -0.2) is 35.0 Å². The van der Waals surface area contributed by atoms with Crippen molar-refractivity contribution in [1.82, 2.24) is 0 Å². The van der Waals surface area contributed by atoms with Gasteiger partial charge in [0.05, 0.1) is 29.0 Å². The quantitative estimate of drug-likeness (QED) is 0.673. The van der Waals surface area contributed by atoms with Gasteiger partial charge in [-0.25, -0.2) is 4.99 Å². The van der Waals surface area contributed by atoms with Crippen molar-refractivity contribution in [3.8, 4) is 5.75 Å². The molecule has 7 heteroatoms. The van der Waals surface area contributed by atoms with Crippen molar-refractivity contribution in [3.05, 3.63) is 52.0 Å². The minimum absolute atomic E-state index is 0.313. The highest BCUT2D eigenvalue weighted by atomic mass is 79.9. The van der Waals surface area contributed by atoms with E-state index in [1.165, 1.54) is 0 Å². The molecule has 0 saturated carbocycles. The second kappa shape index (κ2) is 8.91. The summed E-state index contributed by atoms with van der Waals surface area (Å²) in [7, 11) is 0. The van der Waals surface area contributed by atoms with Crippen LogP contribution in [0.5, 0.6) is 5.75 Å². The molecule has 1 unspecified atom stereocenters. The molecule has 0 saturated heterocycles. The van der Waals surface area contributed by atoms with E-state index in [-0.39, 0.29) is 0 Å². The summed E-state index contributed by atoms with van der Waals surface area (Å²) in [6, 6.07) is 11.5. The molecular formula is C20H22BrN3O2S. The van der Waals surface area contributed by atoms with Crippen LogP contribution in [0.3, 0.4) is 0 Å². The summed E-state index contributed by atoms with van der Waals surface area (Å²) in [4.78, 5) is 9.98. The van der Waals surface area contributed by atoms with Crippen LogP contribution in [0.15, 0.2) is 55.8 Å². The lowest BCUT2D eigenvalue weighted by Gasteiger charge is -2.14. The Hall–Kier alpha value is -1.83. The maximum Gasteiger partial charge on any atom is 0.153 e. The van der Waals surface area contributed by atoms with Gasteiger partial charge in [-0.05, 0) is 52.6 Å². The van der Waals surface area contributed by atoms with Gasteiger partial charge in [-0.15, -0.1) is 0 Å². The van der Waals surface area contributed by atoms with Gasteiger partial charge < -0.3 is 15.0 Å². The van der Waals surface area contributed by atoms with Gasteiger partial charge in [0.25, 0.3) is 0 Å². The Balaban J connectivity index is 2.09. The summed E-state index contributed by atoms with van der Waals surface area (Å²) in [5.41, 5.74) is 9.29. The number of aliphatic imine (C=N–C) groups is 2. The average Bonchev–Trinajstić information content (AvgIpc) is 2.83. The predicted molar refractivity (Wildman–Crippen MR) is 115 cm³/mol. The summed E-state index contributed by atoms with van der Waals surface area (Å²) < 4.78 is 18.9. The molecule has 0 spiro atoms. The van der Waals surface area contributed by atoms with E-state index in [4.69, 9.17) is 10.5 Å². The number of hydrogen-bond donors (Lipinski definition) is 1. The first kappa shape index (κ1) is 19.9. The minimum atomic E-state index is -1.02. The number of hydrogen-bond acceptors (Lipinski definition) is 5. The summed E-state index contributed by atoms with van der Waals surface area (Å²) in [6.45, 7) is 4.91. The number of rotatable bonds is 6. The van der Waals surface area contributed by atoms with E-state index in [0.717, 1.165) is 44.1 Å². The number of amidine groups is 1. The zero-order valence-corrected chi connectivity index (χ0v) is 17.8. The van der Waals surface area contributed by atoms with Crippen molar-refractivity contribution >= 4 is 44.3 Å². The van der Waals surface area contributed by atoms with Crippen molar-refractivity contribution in [2.45, 2.75) is 25.2 Å². The molecule has 0 amide bonds. The van der Waals surface area contributed by atoms with Crippen molar-refractivity contribution in [1.29, 1.82) is 0 Å². The van der Waals surface area contributed by atoms with Crippen molar-refractivity contribution in [2.24, 2.45) is 15.7 Å². The van der Waals surface area contributed by atoms with E-state index in [9.17, 15) is 4.55 Å². The molecule has 1 aliphatic heterocycles. The van der Waals surface area contributed by atoms with Crippen molar-refractivity contribution in [3.63, 3.8) is 0 Å². The number of nitrogens with zero attached hydrogens (tertiary/aromatic N) is 2. The molecule has 2 aromatic carbocycles. The van der Waals surface area contributed by atoms with E-state index in [1.807, 2.05) is 43.3 Å². The fourth-order valence-electron chi connectivity index (χ4n) is 2.78. The van der Waals surface area contributed by atoms with E-state index < -0.39 is 11.2 Å². The van der Waals surface area contributed by atoms with Gasteiger partial charge in [0.2, 0.25) is 0 Å². The number of halogens is 1. The van der Waals surface area contributed by atoms with Gasteiger partial charge in [-0.2, -0.15) is 0 Å². The van der Waals surface area contributed by atoms with E-state index in [0.29, 0.717) is 24.7 Å². The van der Waals surface area contributed by atoms with Crippen LogP contribution in [0.4, 0.5) is 5.69 Å². The van der Waals surface area contributed by atoms with Gasteiger partial charge in [0, 0.05) is 23.3 Å². The first-order valence-electron chi connectivity index (χ1n) is 8.86. The molecule has 0 fully saturated rings. The zero-order chi connectivity index (χ0) is 19.4. The fraction of sp³-hybridized carbons (Fsp3) is 0.300. The van der Waals surface area contributed by atoms with Crippen LogP contribution in [0.25, 0.3) is 0 Å². The average molecular weight is 448 g/mol. The highest BCUT2D eigenvalue weighted by Gasteiger charge is 2.20. The third-order valence-electron chi connectivity index (χ3n) is 4.06. The monoisotopic (exact) mass is 447 g/mol. The maximum absolute atomic E-state index is 12.2. The first-order chi connectivity index (χ1) is 13.0. The van der Waals surface area contributed by atoms with E-state index in [1.54, 1.807) is 0 Å². The van der Waals surface area contributed by atoms with Crippen LogP contribution < -0.4 is 10.5 Å². The maximum atomic E-state index is 12.2. The molecule has 0 aliphatic carbocycles. The van der Waals surface area contributed by atoms with Gasteiger partial charge >= 0.3 is 0 Å². The fourth-order valence-corrected chi connectivity index (χ4v) is 4.06. The first-order valence-corrected chi connectivity index (χ1v) is 11.0. The highest BCUT2D eigenvalue weighted by Crippen LogP contribution is 2.36. The lowest BCUT2D eigenvalue weighted by atomic mass is 10.0. The normalized spacial score (nSPS) is 14.7. The Kier molecular flexibility index (Phi) is 6.57. The SMILES string of the molecule is CCCOc1cc2c(cc1Br)C(c1cccc([S+]([O-])CC)c1)=NCC(N)=N2. The molecular weight excluding hydrogens is 426 g/mol. The van der Waals surface area contributed by atoms with Crippen LogP contribution in [0.1, 0.15) is 31.4 Å². The lowest BCUT2D eigenvalue weighted by molar-refractivity contribution is 0.315. The molecule has 2 aromatic rings. The van der Waals surface area contributed by atoms with Gasteiger partial charge in [-0.3, -0.25) is 4.99 Å². The molecule has 142 valence electrons. The second-order valence-corrected chi connectivity index (χ2v) is 8.67. The van der Waals surface area contributed by atoms with Crippen LogP contribution >= 0.6 is 15.9 Å². The number of benzene rings is 2. The molecule has 3 rings (SSSR count). The third kappa shape index (κ3) is 4.54. The van der Waals surface area contributed by atoms with Crippen LogP contribution in [0, 0.1) is 0 Å². The predicted octanol–water partition coefficient (Wildman–Crippen LogP) is 4.21. The smallest absolute Gasteiger partial charge is 0.153 e. The van der Waals surface area contributed by atoms with Crippen molar-refractivity contribution in [2.75, 3.05) is 18.9 Å². The largest absolute Gasteiger partial charge is 0.611 e. The number of fused-ring (bicyclic) bond motifs is 1. The molecule has 1 aliphatic rings. The Morgan fingerprint density at radius 1 is 1.26 bits per heavy atom. The Bertz CT molecular complexity index is 899. The Morgan fingerprint density at radius 2 is 2.07 bits per heavy atom. The molecule has 27 heavy (non-hydrogen) atoms. The number of ether oxygens (including phenoxy) is 1. The molecule has 2 N–H and O–H groups in total. The molecule has 1 atom stereocenters. The zero-order valence-electron chi connectivity index (χ0n) is 15.4. The third-order valence-corrected chi connectivity index (χ3v) is 5.99. The van der Waals surface area contributed by atoms with Gasteiger partial charge in [0.1, 0.15) is 17.3 Å². The van der Waals surface area contributed by atoms with Crippen LogP contribution in [-0.2, 0) is 11.2 Å². The summed E-state index contributed by atoms with van der Waals surface area (Å²) in [5.74, 6) is 1.75. The molecule has 0 bridgehead atoms. The van der Waals surface area contributed by atoms with E-state index in [2.05, 4.69) is 32.8 Å². The molecule has 0 aromatic heterocycles. The second-order valence-electron chi connectivity index (χ2n) is 6.08. The van der Waals surface area contributed by atoms with Crippen molar-refractivity contribution < 1.29 is 9.29 Å². The molecule has 0 radical (unpaired) electrons. The Labute approximate surface area is 171 Å². The standard InChI is InChI=1S/C20H22BrN3O2S/c1-3-8-26-18-11-17-15(10-16(18)21)20(23-12-19(22)24-17)13-6-5-7-14(9-13)27(25)4-2/h5-7,9-11H,3-4,8,12H2,1-2H3,(H2,22,24). The van der Waals surface area contributed by atoms with Gasteiger partial charge in [0.15, 0.2) is 4.90 Å². The topological polar surface area (TPSA) is 83.0 Å².